The van der Waals surface area contributed by atoms with Gasteiger partial charge in [-0.15, -0.1) is 22.7 Å². The molecule has 2 nitrogen and oxygen atoms in total. The van der Waals surface area contributed by atoms with Gasteiger partial charge in [0.15, 0.2) is 0 Å². The summed E-state index contributed by atoms with van der Waals surface area (Å²) in [6, 6.07) is 8.20. The molecule has 19 heavy (non-hydrogen) atoms. The smallest absolute Gasteiger partial charge is 0.137 e. The fraction of sp³-hybridized carbons (Fsp3) is 0.467. The zero-order valence-electron chi connectivity index (χ0n) is 11.1. The minimum absolute atomic E-state index is 0.281. The van der Waals surface area contributed by atoms with Crippen LogP contribution in [0.1, 0.15) is 22.6 Å². The highest BCUT2D eigenvalue weighted by molar-refractivity contribution is 7.11. The van der Waals surface area contributed by atoms with Crippen molar-refractivity contribution in [1.82, 2.24) is 4.90 Å². The molecule has 0 aliphatic carbocycles. The molecule has 0 saturated carbocycles. The number of thiophene rings is 2. The number of likely N-dealkylation sites (tertiary alicyclic amines) is 1. The molecule has 1 aliphatic heterocycles. The van der Waals surface area contributed by atoms with Crippen LogP contribution in [0.2, 0.25) is 0 Å². The molecule has 1 fully saturated rings. The molecule has 0 radical (unpaired) electrons. The summed E-state index contributed by atoms with van der Waals surface area (Å²) in [6.45, 7) is 2.10. The molecule has 0 spiro atoms. The van der Waals surface area contributed by atoms with Crippen LogP contribution in [-0.4, -0.2) is 30.1 Å². The van der Waals surface area contributed by atoms with Gasteiger partial charge in [-0.05, 0) is 49.3 Å². The number of rotatable bonds is 3. The summed E-state index contributed by atoms with van der Waals surface area (Å²) in [6.07, 6.45) is 2.26. The van der Waals surface area contributed by atoms with Crippen molar-refractivity contribution in [3.05, 3.63) is 44.8 Å². The number of nitrogens with zero attached hydrogens (tertiary/aromatic N) is 1. The first kappa shape index (κ1) is 13.3. The highest BCUT2D eigenvalue weighted by atomic mass is 32.1. The lowest BCUT2D eigenvalue weighted by Crippen LogP contribution is -2.44. The molecule has 2 aromatic rings. The van der Waals surface area contributed by atoms with Gasteiger partial charge in [0.1, 0.15) is 5.60 Å². The van der Waals surface area contributed by atoms with E-state index in [1.54, 1.807) is 22.7 Å². The van der Waals surface area contributed by atoms with Crippen LogP contribution in [0.3, 0.4) is 0 Å². The van der Waals surface area contributed by atoms with Gasteiger partial charge in [0.25, 0.3) is 0 Å². The van der Waals surface area contributed by atoms with Crippen LogP contribution in [0.15, 0.2) is 35.0 Å². The Morgan fingerprint density at radius 2 is 1.84 bits per heavy atom. The van der Waals surface area contributed by atoms with Crippen LogP contribution < -0.4 is 0 Å². The Labute approximate surface area is 122 Å². The van der Waals surface area contributed by atoms with Crippen molar-refractivity contribution in [2.45, 2.75) is 18.4 Å². The highest BCUT2D eigenvalue weighted by Gasteiger charge is 2.43. The Morgan fingerprint density at radius 1 is 1.21 bits per heavy atom. The molecule has 1 atom stereocenters. The maximum atomic E-state index is 11.5. The molecule has 2 aromatic heterocycles. The van der Waals surface area contributed by atoms with Crippen LogP contribution in [-0.2, 0) is 5.60 Å². The molecule has 102 valence electrons. The van der Waals surface area contributed by atoms with Crippen LogP contribution in [0, 0.1) is 5.92 Å². The SMILES string of the molecule is CN1CCCC(C(O)(c2cccs2)c2cccs2)C1. The first-order valence-corrected chi connectivity index (χ1v) is 8.46. The zero-order valence-corrected chi connectivity index (χ0v) is 12.7. The van der Waals surface area contributed by atoms with E-state index in [0.29, 0.717) is 0 Å². The van der Waals surface area contributed by atoms with Gasteiger partial charge in [-0.25, -0.2) is 0 Å². The Kier molecular flexibility index (Phi) is 3.76. The highest BCUT2D eigenvalue weighted by Crippen LogP contribution is 2.44. The number of aliphatic hydroxyl groups is 1. The van der Waals surface area contributed by atoms with Crippen molar-refractivity contribution < 1.29 is 5.11 Å². The third-order valence-electron chi connectivity index (χ3n) is 4.01. The molecule has 3 rings (SSSR count). The van der Waals surface area contributed by atoms with Gasteiger partial charge in [-0.1, -0.05) is 12.1 Å². The third kappa shape index (κ3) is 2.38. The largest absolute Gasteiger partial charge is 0.378 e. The van der Waals surface area contributed by atoms with Gasteiger partial charge in [0.05, 0.1) is 0 Å². The lowest BCUT2D eigenvalue weighted by atomic mass is 9.79. The summed E-state index contributed by atoms with van der Waals surface area (Å²) in [5.41, 5.74) is -0.809. The first-order valence-electron chi connectivity index (χ1n) is 6.70. The lowest BCUT2D eigenvalue weighted by Gasteiger charge is -2.40. The van der Waals surface area contributed by atoms with Gasteiger partial charge in [0.2, 0.25) is 0 Å². The molecular weight excluding hydrogens is 274 g/mol. The van der Waals surface area contributed by atoms with Crippen molar-refractivity contribution in [2.75, 3.05) is 20.1 Å². The van der Waals surface area contributed by atoms with Crippen LogP contribution in [0.25, 0.3) is 0 Å². The molecule has 0 aromatic carbocycles. The van der Waals surface area contributed by atoms with E-state index in [1.165, 1.54) is 6.42 Å². The Hall–Kier alpha value is -0.680. The van der Waals surface area contributed by atoms with Gasteiger partial charge in [-0.2, -0.15) is 0 Å². The minimum atomic E-state index is -0.809. The summed E-state index contributed by atoms with van der Waals surface area (Å²) < 4.78 is 0. The van der Waals surface area contributed by atoms with E-state index in [2.05, 4.69) is 34.8 Å². The van der Waals surface area contributed by atoms with E-state index in [4.69, 9.17) is 0 Å². The van der Waals surface area contributed by atoms with E-state index < -0.39 is 5.60 Å². The average Bonchev–Trinajstić information content (AvgIpc) is 3.11. The maximum absolute atomic E-state index is 11.5. The number of hydrogen-bond donors (Lipinski definition) is 1. The molecule has 3 heterocycles. The Morgan fingerprint density at radius 3 is 2.32 bits per heavy atom. The van der Waals surface area contributed by atoms with Crippen LogP contribution >= 0.6 is 22.7 Å². The fourth-order valence-corrected chi connectivity index (χ4v) is 4.92. The van der Waals surface area contributed by atoms with Crippen molar-refractivity contribution in [1.29, 1.82) is 0 Å². The van der Waals surface area contributed by atoms with E-state index in [0.717, 1.165) is 29.3 Å². The quantitative estimate of drug-likeness (QED) is 0.937. The van der Waals surface area contributed by atoms with E-state index in [-0.39, 0.29) is 5.92 Å². The van der Waals surface area contributed by atoms with E-state index in [1.807, 2.05) is 12.1 Å². The van der Waals surface area contributed by atoms with Gasteiger partial charge < -0.3 is 10.0 Å². The summed E-state index contributed by atoms with van der Waals surface area (Å²) in [5.74, 6) is 0.281. The van der Waals surface area contributed by atoms with Gasteiger partial charge >= 0.3 is 0 Å². The van der Waals surface area contributed by atoms with Gasteiger partial charge in [-0.3, -0.25) is 0 Å². The fourth-order valence-electron chi connectivity index (χ4n) is 3.02. The molecule has 1 unspecified atom stereocenters. The van der Waals surface area contributed by atoms with Crippen molar-refractivity contribution in [2.24, 2.45) is 5.92 Å². The molecular formula is C15H19NOS2. The predicted octanol–water partition coefficient (Wildman–Crippen LogP) is 3.39. The monoisotopic (exact) mass is 293 g/mol. The van der Waals surface area contributed by atoms with Gasteiger partial charge in [0, 0.05) is 22.2 Å². The second kappa shape index (κ2) is 5.37. The summed E-state index contributed by atoms with van der Waals surface area (Å²) in [4.78, 5) is 4.49. The predicted molar refractivity (Wildman–Crippen MR) is 81.9 cm³/mol. The van der Waals surface area contributed by atoms with Crippen molar-refractivity contribution in [3.8, 4) is 0 Å². The van der Waals surface area contributed by atoms with Crippen molar-refractivity contribution in [3.63, 3.8) is 0 Å². The van der Waals surface area contributed by atoms with Crippen LogP contribution in [0.4, 0.5) is 0 Å². The summed E-state index contributed by atoms with van der Waals surface area (Å²) in [5, 5.41) is 15.6. The van der Waals surface area contributed by atoms with E-state index in [9.17, 15) is 5.11 Å². The molecule has 0 bridgehead atoms. The maximum Gasteiger partial charge on any atom is 0.137 e. The van der Waals surface area contributed by atoms with Crippen LogP contribution in [0.5, 0.6) is 0 Å². The second-order valence-corrected chi connectivity index (χ2v) is 7.22. The topological polar surface area (TPSA) is 23.5 Å². The molecule has 1 aliphatic rings. The summed E-state index contributed by atoms with van der Waals surface area (Å²) in [7, 11) is 2.15. The average molecular weight is 293 g/mol. The lowest BCUT2D eigenvalue weighted by molar-refractivity contribution is -0.00942. The normalized spacial score (nSPS) is 21.7. The molecule has 0 amide bonds. The number of hydrogen-bond acceptors (Lipinski definition) is 4. The third-order valence-corrected chi connectivity index (χ3v) is 6.00. The van der Waals surface area contributed by atoms with E-state index >= 15 is 0 Å². The Balaban J connectivity index is 2.01. The zero-order chi connectivity index (χ0) is 13.3. The Bertz CT molecular complexity index is 472. The standard InChI is InChI=1S/C15H19NOS2/c1-16-8-2-5-12(11-16)15(17,13-6-3-9-18-13)14-7-4-10-19-14/h3-4,6-7,9-10,12,17H,2,5,8,11H2,1H3. The van der Waals surface area contributed by atoms with Crippen molar-refractivity contribution >= 4 is 22.7 Å². The summed E-state index contributed by atoms with van der Waals surface area (Å²) >= 11 is 3.32. The minimum Gasteiger partial charge on any atom is -0.378 e. The first-order chi connectivity index (χ1) is 9.21. The number of piperidine rings is 1. The second-order valence-electron chi connectivity index (χ2n) is 5.32. The molecule has 1 saturated heterocycles. The molecule has 4 heteroatoms. The molecule has 1 N–H and O–H groups in total.